The first-order valence-corrected chi connectivity index (χ1v) is 5.29. The number of hydrogen-bond acceptors (Lipinski definition) is 5. The van der Waals surface area contributed by atoms with Crippen molar-refractivity contribution in [3.05, 3.63) is 71.2 Å². The number of aliphatic hydroxyl groups excluding tert-OH is 2. The summed E-state index contributed by atoms with van der Waals surface area (Å²) in [5.74, 6) is -1.35. The van der Waals surface area contributed by atoms with Crippen molar-refractivity contribution >= 4 is 5.78 Å². The Labute approximate surface area is 103 Å². The van der Waals surface area contributed by atoms with Crippen molar-refractivity contribution in [1.82, 2.24) is 5.06 Å². The molecule has 2 heterocycles. The summed E-state index contributed by atoms with van der Waals surface area (Å²) in [6.45, 7) is 0. The lowest BCUT2D eigenvalue weighted by Gasteiger charge is -2.16. The van der Waals surface area contributed by atoms with Gasteiger partial charge in [-0.15, -0.1) is 0 Å². The molecule has 1 aliphatic carbocycles. The predicted molar refractivity (Wildman–Crippen MR) is 62.7 cm³/mol. The van der Waals surface area contributed by atoms with E-state index in [9.17, 15) is 15.0 Å². The number of carbonyl (C=O) groups excluding carboxylic acids is 1. The second-order valence-corrected chi connectivity index (χ2v) is 3.89. The molecule has 5 nitrogen and oxygen atoms in total. The molecule has 2 aliphatic heterocycles. The minimum atomic E-state index is -0.789. The van der Waals surface area contributed by atoms with Crippen LogP contribution in [-0.2, 0) is 9.63 Å². The molecule has 0 radical (unpaired) electrons. The lowest BCUT2D eigenvalue weighted by Crippen LogP contribution is -2.12. The number of fused-ring (bicyclic) bond motifs is 1. The standard InChI is InChI=1S/C13H9NO4/c15-10-5-8(6-11(16)13(10)17)12-7-9-3-1-2-4-14(9)18-12/h1-7,15-16H. The minimum Gasteiger partial charge on any atom is -0.504 e. The first-order chi connectivity index (χ1) is 8.65. The minimum absolute atomic E-state index is 0.438. The van der Waals surface area contributed by atoms with E-state index < -0.39 is 17.3 Å². The van der Waals surface area contributed by atoms with Crippen LogP contribution in [0.1, 0.15) is 0 Å². The van der Waals surface area contributed by atoms with Crippen LogP contribution in [0.4, 0.5) is 0 Å². The molecule has 0 amide bonds. The fourth-order valence-corrected chi connectivity index (χ4v) is 1.78. The Bertz CT molecular complexity index is 593. The summed E-state index contributed by atoms with van der Waals surface area (Å²) in [6, 6.07) is 0. The van der Waals surface area contributed by atoms with Crippen LogP contribution in [0.25, 0.3) is 0 Å². The largest absolute Gasteiger partial charge is 0.504 e. The molecule has 0 spiro atoms. The molecule has 2 N–H and O–H groups in total. The molecular formula is C13H9NO4. The number of ketones is 1. The van der Waals surface area contributed by atoms with Crippen LogP contribution >= 0.6 is 0 Å². The summed E-state index contributed by atoms with van der Waals surface area (Å²) in [4.78, 5) is 16.7. The van der Waals surface area contributed by atoms with Crippen LogP contribution in [0.3, 0.4) is 0 Å². The number of rotatable bonds is 0. The maximum atomic E-state index is 11.2. The van der Waals surface area contributed by atoms with Crippen molar-refractivity contribution < 1.29 is 19.8 Å². The van der Waals surface area contributed by atoms with Gasteiger partial charge in [0.1, 0.15) is 0 Å². The monoisotopic (exact) mass is 243 g/mol. The fourth-order valence-electron chi connectivity index (χ4n) is 1.78. The first kappa shape index (κ1) is 10.5. The zero-order valence-corrected chi connectivity index (χ0v) is 9.20. The fraction of sp³-hybridized carbons (Fsp3) is 0. The Morgan fingerprint density at radius 1 is 1.06 bits per heavy atom. The number of aliphatic hydroxyl groups is 2. The second-order valence-electron chi connectivity index (χ2n) is 3.89. The highest BCUT2D eigenvalue weighted by Gasteiger charge is 2.25. The summed E-state index contributed by atoms with van der Waals surface area (Å²) >= 11 is 0. The van der Waals surface area contributed by atoms with Gasteiger partial charge in [-0.1, -0.05) is 6.08 Å². The van der Waals surface area contributed by atoms with Crippen molar-refractivity contribution in [2.75, 3.05) is 0 Å². The van der Waals surface area contributed by atoms with Gasteiger partial charge in [0.25, 0.3) is 5.78 Å². The Morgan fingerprint density at radius 2 is 1.78 bits per heavy atom. The van der Waals surface area contributed by atoms with Crippen molar-refractivity contribution in [3.8, 4) is 0 Å². The molecule has 0 aromatic carbocycles. The number of carbonyl (C=O) groups is 1. The van der Waals surface area contributed by atoms with Crippen molar-refractivity contribution in [2.45, 2.75) is 0 Å². The lowest BCUT2D eigenvalue weighted by atomic mass is 10.0. The van der Waals surface area contributed by atoms with Gasteiger partial charge >= 0.3 is 0 Å². The van der Waals surface area contributed by atoms with E-state index in [0.29, 0.717) is 11.3 Å². The molecule has 0 bridgehead atoms. The molecule has 0 saturated carbocycles. The summed E-state index contributed by atoms with van der Waals surface area (Å²) < 4.78 is 0. The first-order valence-electron chi connectivity index (χ1n) is 5.29. The molecular weight excluding hydrogens is 234 g/mol. The van der Waals surface area contributed by atoms with E-state index in [1.165, 1.54) is 12.2 Å². The number of Topliss-reactive ketones (excluding diaryl/α,β-unsaturated/α-hetero) is 1. The summed E-state index contributed by atoms with van der Waals surface area (Å²) in [5, 5.41) is 20.3. The molecule has 90 valence electrons. The Kier molecular flexibility index (Phi) is 2.13. The van der Waals surface area contributed by atoms with Crippen LogP contribution in [0.15, 0.2) is 71.2 Å². The number of hydroxylamine groups is 2. The van der Waals surface area contributed by atoms with Crippen LogP contribution in [0, 0.1) is 0 Å². The van der Waals surface area contributed by atoms with E-state index in [0.717, 1.165) is 5.70 Å². The molecule has 0 aromatic rings. The van der Waals surface area contributed by atoms with Crippen LogP contribution in [0.5, 0.6) is 0 Å². The molecule has 0 aromatic heterocycles. The number of allylic oxidation sites excluding steroid dienone is 7. The average molecular weight is 243 g/mol. The average Bonchev–Trinajstić information content (AvgIpc) is 2.79. The van der Waals surface area contributed by atoms with Crippen molar-refractivity contribution in [3.63, 3.8) is 0 Å². The van der Waals surface area contributed by atoms with E-state index in [2.05, 4.69) is 0 Å². The maximum absolute atomic E-state index is 11.2. The lowest BCUT2D eigenvalue weighted by molar-refractivity contribution is -0.117. The van der Waals surface area contributed by atoms with Crippen LogP contribution in [-0.4, -0.2) is 21.1 Å². The van der Waals surface area contributed by atoms with Gasteiger partial charge in [-0.2, -0.15) is 5.06 Å². The van der Waals surface area contributed by atoms with Crippen LogP contribution in [0.2, 0.25) is 0 Å². The Balaban J connectivity index is 2.03. The van der Waals surface area contributed by atoms with E-state index >= 15 is 0 Å². The Hall–Kier alpha value is -2.69. The van der Waals surface area contributed by atoms with E-state index in [1.807, 2.05) is 18.2 Å². The van der Waals surface area contributed by atoms with Gasteiger partial charge in [0.2, 0.25) is 0 Å². The number of hydrogen-bond donors (Lipinski definition) is 2. The molecule has 3 rings (SSSR count). The van der Waals surface area contributed by atoms with Gasteiger partial charge in [0.15, 0.2) is 17.3 Å². The van der Waals surface area contributed by atoms with Gasteiger partial charge < -0.3 is 15.1 Å². The SMILES string of the molecule is O=C1C(O)=CC(=C2C=C3C=CC=CN3O2)C=C1O. The van der Waals surface area contributed by atoms with E-state index in [-0.39, 0.29) is 0 Å². The Morgan fingerprint density at radius 3 is 2.44 bits per heavy atom. The molecule has 0 atom stereocenters. The highest BCUT2D eigenvalue weighted by atomic mass is 16.7. The molecule has 0 unspecified atom stereocenters. The normalized spacial score (nSPS) is 21.4. The highest BCUT2D eigenvalue weighted by Crippen LogP contribution is 2.30. The molecule has 0 saturated heterocycles. The zero-order valence-electron chi connectivity index (χ0n) is 9.20. The third kappa shape index (κ3) is 1.53. The zero-order chi connectivity index (χ0) is 12.7. The van der Waals surface area contributed by atoms with E-state index in [4.69, 9.17) is 4.84 Å². The summed E-state index contributed by atoms with van der Waals surface area (Å²) in [5.41, 5.74) is 1.27. The third-order valence-corrected chi connectivity index (χ3v) is 2.66. The van der Waals surface area contributed by atoms with Crippen molar-refractivity contribution in [2.24, 2.45) is 0 Å². The quantitative estimate of drug-likeness (QED) is 0.680. The summed E-state index contributed by atoms with van der Waals surface area (Å²) in [6.07, 6.45) is 11.6. The van der Waals surface area contributed by atoms with E-state index in [1.54, 1.807) is 17.3 Å². The van der Waals surface area contributed by atoms with Gasteiger partial charge in [-0.25, -0.2) is 0 Å². The second kappa shape index (κ2) is 3.66. The van der Waals surface area contributed by atoms with Gasteiger partial charge in [0, 0.05) is 17.8 Å². The molecule has 0 fully saturated rings. The molecule has 18 heavy (non-hydrogen) atoms. The van der Waals surface area contributed by atoms with Crippen LogP contribution < -0.4 is 0 Å². The van der Waals surface area contributed by atoms with Crippen molar-refractivity contribution in [1.29, 1.82) is 0 Å². The topological polar surface area (TPSA) is 70.0 Å². The smallest absolute Gasteiger partial charge is 0.261 e. The predicted octanol–water partition coefficient (Wildman–Crippen LogP) is 1.92. The highest BCUT2D eigenvalue weighted by molar-refractivity contribution is 6.06. The maximum Gasteiger partial charge on any atom is 0.261 e. The third-order valence-electron chi connectivity index (χ3n) is 2.66. The molecule has 3 aliphatic rings. The van der Waals surface area contributed by atoms with Gasteiger partial charge in [-0.3, -0.25) is 4.79 Å². The molecule has 5 heteroatoms. The van der Waals surface area contributed by atoms with Gasteiger partial charge in [0.05, 0.1) is 5.70 Å². The van der Waals surface area contributed by atoms with Gasteiger partial charge in [-0.05, 0) is 24.3 Å². The number of nitrogens with zero attached hydrogens (tertiary/aromatic N) is 1. The summed E-state index contributed by atoms with van der Waals surface area (Å²) in [7, 11) is 0.